The second kappa shape index (κ2) is 27.0. The molecule has 0 radical (unpaired) electrons. The van der Waals surface area contributed by atoms with Gasteiger partial charge in [0.2, 0.25) is 15.9 Å². The minimum absolute atomic E-state index is 0.148. The van der Waals surface area contributed by atoms with E-state index < -0.39 is 0 Å². The third-order valence-electron chi connectivity index (χ3n) is 19.9. The van der Waals surface area contributed by atoms with Crippen molar-refractivity contribution in [2.24, 2.45) is 0 Å². The lowest BCUT2D eigenvalue weighted by Gasteiger charge is -2.13. The first-order valence-electron chi connectivity index (χ1n) is 35.0. The molecule has 0 bridgehead atoms. The molecule has 0 atom stereocenters. The summed E-state index contributed by atoms with van der Waals surface area (Å²) in [6.07, 6.45) is 0. The summed E-state index contributed by atoms with van der Waals surface area (Å²) in [7, 11) is 0. The molecule has 10 nitrogen and oxygen atoms in total. The first-order chi connectivity index (χ1) is 53.2. The Bertz CT molecular complexity index is 7270. The summed E-state index contributed by atoms with van der Waals surface area (Å²) in [4.78, 5) is 41.4. The normalized spacial score (nSPS) is 11.7. The van der Waals surface area contributed by atoms with Gasteiger partial charge in [-0.1, -0.05) is 261 Å². The highest BCUT2D eigenvalue weighted by Crippen LogP contribution is 2.45. The molecule has 0 spiro atoms. The van der Waals surface area contributed by atoms with Crippen LogP contribution >= 0.6 is 57.5 Å². The van der Waals surface area contributed by atoms with Crippen molar-refractivity contribution in [2.75, 3.05) is 0 Å². The highest BCUT2D eigenvalue weighted by molar-refractivity contribution is 7.26. The lowest BCUT2D eigenvalue weighted by Crippen LogP contribution is -1.98. The minimum atomic E-state index is 0.148. The van der Waals surface area contributed by atoms with Crippen molar-refractivity contribution in [1.82, 2.24) is 44.9 Å². The van der Waals surface area contributed by atoms with Gasteiger partial charge in [0, 0.05) is 84.5 Å². The summed E-state index contributed by atoms with van der Waals surface area (Å²) in [6.45, 7) is 0. The van der Waals surface area contributed by atoms with Crippen molar-refractivity contribution in [1.29, 1.82) is 0 Å². The fourth-order valence-electron chi connectivity index (χ4n) is 15.1. The molecule has 0 fully saturated rings. The predicted molar refractivity (Wildman–Crippen MR) is 450 cm³/mol. The van der Waals surface area contributed by atoms with Gasteiger partial charge in [0.15, 0.2) is 34.9 Å². The molecule has 6 heterocycles. The number of aromatic nitrogens is 9. The lowest BCUT2D eigenvalue weighted by molar-refractivity contribution is 0.669. The summed E-state index contributed by atoms with van der Waals surface area (Å²) < 4.78 is 10.9. The van der Waals surface area contributed by atoms with Gasteiger partial charge in [0.05, 0.1) is 0 Å². The van der Waals surface area contributed by atoms with Crippen molar-refractivity contribution < 1.29 is 4.42 Å². The van der Waals surface area contributed by atoms with E-state index in [9.17, 15) is 0 Å². The number of furan rings is 1. The topological polar surface area (TPSA) is 129 Å². The first-order valence-corrected chi connectivity index (χ1v) is 37.8. The quantitative estimate of drug-likeness (QED) is 0.136. The van der Waals surface area contributed by atoms with E-state index in [1.54, 1.807) is 22.7 Å². The molecule has 108 heavy (non-hydrogen) atoms. The fraction of sp³-hybridized carbons (Fsp3) is 0. The summed E-state index contributed by atoms with van der Waals surface area (Å²) in [5.74, 6) is 3.36. The van der Waals surface area contributed by atoms with Gasteiger partial charge < -0.3 is 4.42 Å². The standard InChI is InChI=1S/C37H20ClN3S.C31H18ClN3O.C25H14ClN3S/c38-37-40-35(23-6-2-1-3-7-23)39-36(41-37)29-10-5-11-30-34(29)28-17-16-24(20-31(28)42-30)27-18-25-14-12-21-8-4-9-22-13-15-26(19-27)33(25)32(21)22;32-31-34-29(21-11-5-10-20(18-21)23-14-6-9-19-8-1-2-12-22(19)23)33-30(35-31)25-15-7-17-27-28(25)24-13-3-4-16-26(24)36-27;26-25-28-23(17-11-5-8-15-7-1-2-9-16(15)17)27-24(29-25)19-12-6-14-21-22(19)18-10-3-4-13-20(18)30-21/h1-20H;1-18H;1-14H. The third-order valence-corrected chi connectivity index (χ3v) is 22.7. The Hall–Kier alpha value is -12.8. The van der Waals surface area contributed by atoms with E-state index >= 15 is 0 Å². The molecule has 15 heteroatoms. The Kier molecular flexibility index (Phi) is 16.2. The monoisotopic (exact) mass is 1480 g/mol. The van der Waals surface area contributed by atoms with Crippen molar-refractivity contribution in [2.45, 2.75) is 0 Å². The van der Waals surface area contributed by atoms with E-state index in [-0.39, 0.29) is 15.9 Å². The molecule has 0 amide bonds. The highest BCUT2D eigenvalue weighted by Gasteiger charge is 2.22. The molecule has 0 aliphatic carbocycles. The Labute approximate surface area is 639 Å². The third kappa shape index (κ3) is 11.7. The van der Waals surface area contributed by atoms with Gasteiger partial charge in [-0.15, -0.1) is 22.7 Å². The first kappa shape index (κ1) is 64.8. The maximum absolute atomic E-state index is 6.44. The number of hydrogen-bond acceptors (Lipinski definition) is 12. The molecule has 6 aromatic heterocycles. The molecule has 0 saturated heterocycles. The molecule has 0 saturated carbocycles. The zero-order valence-corrected chi connectivity index (χ0v) is 60.8. The Morgan fingerprint density at radius 1 is 0.204 bits per heavy atom. The zero-order chi connectivity index (χ0) is 71.9. The van der Waals surface area contributed by atoms with Crippen LogP contribution in [0, 0.1) is 0 Å². The SMILES string of the molecule is Clc1nc(-c2cccc(-c3cccc4ccccc34)c2)nc(-c2cccc3oc4ccccc4c23)n1.Clc1nc(-c2cccc3ccccc23)nc(-c2cccc3sc4ccccc4c23)n1.Clc1nc(-c2ccccc2)nc(-c2cccc3sc4cc(-c5cc6ccc7cccc8ccc(c5)c6c78)ccc4c23)n1. The van der Waals surface area contributed by atoms with E-state index in [0.717, 1.165) is 88.0 Å². The molecule has 22 rings (SSSR count). The summed E-state index contributed by atoms with van der Waals surface area (Å²) >= 11 is 22.8. The van der Waals surface area contributed by atoms with E-state index in [2.05, 4.69) is 230 Å². The van der Waals surface area contributed by atoms with Crippen molar-refractivity contribution in [3.8, 4) is 90.6 Å². The summed E-state index contributed by atoms with van der Waals surface area (Å²) in [6, 6.07) is 109. The van der Waals surface area contributed by atoms with Gasteiger partial charge in [0.25, 0.3) is 0 Å². The predicted octanol–water partition coefficient (Wildman–Crippen LogP) is 26.8. The number of nitrogens with zero attached hydrogens (tertiary/aromatic N) is 9. The van der Waals surface area contributed by atoms with Crippen molar-refractivity contribution in [3.63, 3.8) is 0 Å². The molecular weight excluding hydrogens is 1430 g/mol. The van der Waals surface area contributed by atoms with Crippen LogP contribution in [0.2, 0.25) is 15.9 Å². The largest absolute Gasteiger partial charge is 0.456 e. The van der Waals surface area contributed by atoms with Crippen LogP contribution in [0.1, 0.15) is 0 Å². The number of fused-ring (bicyclic) bond motifs is 11. The van der Waals surface area contributed by atoms with Gasteiger partial charge in [-0.2, -0.15) is 29.9 Å². The van der Waals surface area contributed by atoms with Gasteiger partial charge in [0.1, 0.15) is 11.2 Å². The average Bonchev–Trinajstić information content (AvgIpc) is 1.01. The van der Waals surface area contributed by atoms with Crippen LogP contribution in [0.3, 0.4) is 0 Å². The number of benzene rings is 16. The van der Waals surface area contributed by atoms with Gasteiger partial charge in [-0.3, -0.25) is 0 Å². The molecule has 0 aliphatic heterocycles. The van der Waals surface area contributed by atoms with Gasteiger partial charge in [-0.05, 0) is 166 Å². The Balaban J connectivity index is 0.000000108. The van der Waals surface area contributed by atoms with Crippen LogP contribution in [0.5, 0.6) is 0 Å². The van der Waals surface area contributed by atoms with Gasteiger partial charge >= 0.3 is 0 Å². The molecule has 508 valence electrons. The summed E-state index contributed by atoms with van der Waals surface area (Å²) in [5, 5.41) is 19.6. The maximum Gasteiger partial charge on any atom is 0.226 e. The van der Waals surface area contributed by atoms with Crippen LogP contribution < -0.4 is 0 Å². The molecular formula is C93H52Cl3N9OS2. The van der Waals surface area contributed by atoms with Crippen LogP contribution in [0.25, 0.3) is 207 Å². The van der Waals surface area contributed by atoms with Crippen LogP contribution in [-0.2, 0) is 0 Å². The van der Waals surface area contributed by atoms with Crippen molar-refractivity contribution in [3.05, 3.63) is 331 Å². The van der Waals surface area contributed by atoms with Crippen LogP contribution in [0.4, 0.5) is 0 Å². The fourth-order valence-corrected chi connectivity index (χ4v) is 17.9. The number of para-hydroxylation sites is 1. The molecule has 22 aromatic rings. The van der Waals surface area contributed by atoms with E-state index in [0.29, 0.717) is 34.9 Å². The maximum atomic E-state index is 6.44. The zero-order valence-electron chi connectivity index (χ0n) is 56.9. The second-order valence-corrected chi connectivity index (χ2v) is 29.5. The number of halogens is 3. The number of thiophene rings is 2. The molecule has 16 aromatic carbocycles. The molecule has 0 unspecified atom stereocenters. The molecule has 0 N–H and O–H groups in total. The minimum Gasteiger partial charge on any atom is -0.456 e. The van der Waals surface area contributed by atoms with Crippen LogP contribution in [-0.4, -0.2) is 44.9 Å². The average molecular weight is 1480 g/mol. The van der Waals surface area contributed by atoms with Crippen LogP contribution in [0.15, 0.2) is 320 Å². The number of rotatable bonds is 8. The van der Waals surface area contributed by atoms with E-state index in [1.165, 1.54) is 83.8 Å². The highest BCUT2D eigenvalue weighted by atomic mass is 35.5. The number of hydrogen-bond donors (Lipinski definition) is 0. The van der Waals surface area contributed by atoms with Gasteiger partial charge in [-0.25, -0.2) is 15.0 Å². The van der Waals surface area contributed by atoms with E-state index in [1.807, 2.05) is 115 Å². The summed E-state index contributed by atoms with van der Waals surface area (Å²) in [5.41, 5.74) is 11.8. The smallest absolute Gasteiger partial charge is 0.226 e. The lowest BCUT2D eigenvalue weighted by atomic mass is 9.91. The second-order valence-electron chi connectivity index (χ2n) is 26.3. The Morgan fingerprint density at radius 3 is 1.28 bits per heavy atom. The van der Waals surface area contributed by atoms with E-state index in [4.69, 9.17) is 54.2 Å². The van der Waals surface area contributed by atoms with Crippen molar-refractivity contribution >= 4 is 174 Å². The molecule has 0 aliphatic rings. The Morgan fingerprint density at radius 2 is 0.611 bits per heavy atom.